The summed E-state index contributed by atoms with van der Waals surface area (Å²) in [4.78, 5) is 2.34. The Morgan fingerprint density at radius 2 is 1.35 bits per heavy atom. The molecule has 0 bridgehead atoms. The zero-order valence-electron chi connectivity index (χ0n) is 15.0. The molecule has 1 unspecified atom stereocenters. The topological polar surface area (TPSA) is 12.5 Å². The first-order valence-corrected chi connectivity index (χ1v) is 9.92. The van der Waals surface area contributed by atoms with Gasteiger partial charge in [-0.3, -0.25) is 4.90 Å². The summed E-state index contributed by atoms with van der Waals surface area (Å²) < 4.78 is 6.02. The minimum Gasteiger partial charge on any atom is -0.379 e. The molecule has 0 saturated carbocycles. The van der Waals surface area contributed by atoms with E-state index in [-0.39, 0.29) is 18.4 Å². The lowest BCUT2D eigenvalue weighted by Crippen LogP contribution is -2.42. The van der Waals surface area contributed by atoms with E-state index >= 15 is 0 Å². The summed E-state index contributed by atoms with van der Waals surface area (Å²) in [6, 6.07) is 21.3. The fourth-order valence-electron chi connectivity index (χ4n) is 2.93. The van der Waals surface area contributed by atoms with Crippen molar-refractivity contribution in [1.29, 1.82) is 0 Å². The SMILES string of the molecule is Cl.ClCCN(CCCl)C(COCCc1ccccc1)Cc1ccccc1. The average Bonchev–Trinajstić information content (AvgIpc) is 2.66. The van der Waals surface area contributed by atoms with E-state index in [0.29, 0.717) is 18.4 Å². The number of ether oxygens (including phenoxy) is 1. The Bertz CT molecular complexity index is 562. The van der Waals surface area contributed by atoms with Crippen LogP contribution in [0.15, 0.2) is 60.7 Å². The highest BCUT2D eigenvalue weighted by molar-refractivity contribution is 6.18. The van der Waals surface area contributed by atoms with E-state index in [1.807, 2.05) is 12.1 Å². The molecule has 26 heavy (non-hydrogen) atoms. The Balaban J connectivity index is 0.00000338. The van der Waals surface area contributed by atoms with Crippen molar-refractivity contribution < 1.29 is 4.74 Å². The van der Waals surface area contributed by atoms with Crippen molar-refractivity contribution in [1.82, 2.24) is 4.90 Å². The third-order valence-corrected chi connectivity index (χ3v) is 4.60. The highest BCUT2D eigenvalue weighted by Gasteiger charge is 2.18. The maximum atomic E-state index is 6.02. The molecule has 0 aliphatic rings. The Morgan fingerprint density at radius 3 is 1.88 bits per heavy atom. The predicted octanol–water partition coefficient (Wildman–Crippen LogP) is 5.06. The molecule has 0 aliphatic carbocycles. The molecule has 0 aliphatic heterocycles. The molecule has 2 rings (SSSR count). The molecule has 144 valence electrons. The number of benzene rings is 2. The van der Waals surface area contributed by atoms with E-state index in [9.17, 15) is 0 Å². The average molecular weight is 417 g/mol. The first-order valence-electron chi connectivity index (χ1n) is 8.85. The highest BCUT2D eigenvalue weighted by atomic mass is 35.5. The minimum absolute atomic E-state index is 0. The quantitative estimate of drug-likeness (QED) is 0.354. The molecule has 0 heterocycles. The predicted molar refractivity (Wildman–Crippen MR) is 115 cm³/mol. The molecule has 0 radical (unpaired) electrons. The lowest BCUT2D eigenvalue weighted by molar-refractivity contribution is 0.0656. The van der Waals surface area contributed by atoms with Gasteiger partial charge in [-0.15, -0.1) is 35.6 Å². The summed E-state index contributed by atoms with van der Waals surface area (Å²) >= 11 is 12.0. The highest BCUT2D eigenvalue weighted by Crippen LogP contribution is 2.11. The lowest BCUT2D eigenvalue weighted by Gasteiger charge is -2.30. The maximum absolute atomic E-state index is 6.02. The second-order valence-corrected chi connectivity index (χ2v) is 6.82. The molecule has 5 heteroatoms. The van der Waals surface area contributed by atoms with Crippen LogP contribution >= 0.6 is 35.6 Å². The van der Waals surface area contributed by atoms with Gasteiger partial charge in [-0.2, -0.15) is 0 Å². The van der Waals surface area contributed by atoms with Gasteiger partial charge in [-0.05, 0) is 24.0 Å². The van der Waals surface area contributed by atoms with Crippen LogP contribution in [0.2, 0.25) is 0 Å². The van der Waals surface area contributed by atoms with E-state index < -0.39 is 0 Å². The van der Waals surface area contributed by atoms with E-state index in [2.05, 4.69) is 53.4 Å². The van der Waals surface area contributed by atoms with Crippen molar-refractivity contribution in [3.05, 3.63) is 71.8 Å². The van der Waals surface area contributed by atoms with Gasteiger partial charge in [0, 0.05) is 30.9 Å². The van der Waals surface area contributed by atoms with Gasteiger partial charge in [0.05, 0.1) is 13.2 Å². The van der Waals surface area contributed by atoms with E-state index in [1.54, 1.807) is 0 Å². The fourth-order valence-corrected chi connectivity index (χ4v) is 3.36. The number of alkyl halides is 2. The number of nitrogens with zero attached hydrogens (tertiary/aromatic N) is 1. The number of hydrogen-bond acceptors (Lipinski definition) is 2. The van der Waals surface area contributed by atoms with Crippen molar-refractivity contribution in [2.45, 2.75) is 18.9 Å². The van der Waals surface area contributed by atoms with Crippen LogP contribution in [0.25, 0.3) is 0 Å². The van der Waals surface area contributed by atoms with Crippen LogP contribution in [0.1, 0.15) is 11.1 Å². The summed E-state index contributed by atoms with van der Waals surface area (Å²) in [6.45, 7) is 3.07. The Labute approximate surface area is 173 Å². The van der Waals surface area contributed by atoms with Crippen molar-refractivity contribution in [3.8, 4) is 0 Å². The third-order valence-electron chi connectivity index (χ3n) is 4.26. The van der Waals surface area contributed by atoms with Crippen LogP contribution in [0, 0.1) is 0 Å². The molecule has 1 atom stereocenters. The molecule has 0 saturated heterocycles. The van der Waals surface area contributed by atoms with Crippen LogP contribution in [0.4, 0.5) is 0 Å². The first kappa shape index (κ1) is 23.3. The van der Waals surface area contributed by atoms with E-state index in [4.69, 9.17) is 27.9 Å². The van der Waals surface area contributed by atoms with Gasteiger partial charge in [0.15, 0.2) is 0 Å². The molecular formula is C21H28Cl3NO. The van der Waals surface area contributed by atoms with Gasteiger partial charge in [0.2, 0.25) is 0 Å². The number of rotatable bonds is 12. The van der Waals surface area contributed by atoms with Gasteiger partial charge >= 0.3 is 0 Å². The number of hydrogen-bond donors (Lipinski definition) is 0. The molecule has 0 fully saturated rings. The van der Waals surface area contributed by atoms with Crippen molar-refractivity contribution >= 4 is 35.6 Å². The summed E-state index contributed by atoms with van der Waals surface area (Å²) in [7, 11) is 0. The normalized spacial score (nSPS) is 12.0. The van der Waals surface area contributed by atoms with Crippen molar-refractivity contribution in [3.63, 3.8) is 0 Å². The van der Waals surface area contributed by atoms with Gasteiger partial charge in [0.1, 0.15) is 0 Å². The third kappa shape index (κ3) is 8.75. The van der Waals surface area contributed by atoms with Gasteiger partial charge in [-0.25, -0.2) is 0 Å². The van der Waals surface area contributed by atoms with Crippen LogP contribution in [0.5, 0.6) is 0 Å². The van der Waals surface area contributed by atoms with E-state index in [0.717, 1.165) is 32.5 Å². The molecular weight excluding hydrogens is 389 g/mol. The van der Waals surface area contributed by atoms with Gasteiger partial charge in [-0.1, -0.05) is 60.7 Å². The van der Waals surface area contributed by atoms with Crippen molar-refractivity contribution in [2.24, 2.45) is 0 Å². The zero-order valence-corrected chi connectivity index (χ0v) is 17.4. The smallest absolute Gasteiger partial charge is 0.0625 e. The molecule has 2 aromatic carbocycles. The fraction of sp³-hybridized carbons (Fsp3) is 0.429. The molecule has 2 aromatic rings. The molecule has 0 aromatic heterocycles. The van der Waals surface area contributed by atoms with Crippen LogP contribution < -0.4 is 0 Å². The van der Waals surface area contributed by atoms with Crippen LogP contribution in [-0.2, 0) is 17.6 Å². The van der Waals surface area contributed by atoms with Crippen LogP contribution in [-0.4, -0.2) is 49.0 Å². The summed E-state index contributed by atoms with van der Waals surface area (Å²) in [6.07, 6.45) is 1.88. The van der Waals surface area contributed by atoms with Crippen LogP contribution in [0.3, 0.4) is 0 Å². The molecule has 0 N–H and O–H groups in total. The largest absolute Gasteiger partial charge is 0.379 e. The molecule has 2 nitrogen and oxygen atoms in total. The second kappa shape index (κ2) is 14.3. The molecule has 0 amide bonds. The Morgan fingerprint density at radius 1 is 0.808 bits per heavy atom. The molecule has 0 spiro atoms. The summed E-state index contributed by atoms with van der Waals surface area (Å²) in [5.41, 5.74) is 2.62. The summed E-state index contributed by atoms with van der Waals surface area (Å²) in [5, 5.41) is 0. The standard InChI is InChI=1S/C21H27Cl2NO.ClH/c22-12-14-24(15-13-23)21(17-20-9-5-2-6-10-20)18-25-16-11-19-7-3-1-4-8-19;/h1-10,21H,11-18H2;1H. The Kier molecular flexibility index (Phi) is 12.8. The second-order valence-electron chi connectivity index (χ2n) is 6.07. The monoisotopic (exact) mass is 415 g/mol. The maximum Gasteiger partial charge on any atom is 0.0625 e. The number of halogens is 3. The lowest BCUT2D eigenvalue weighted by atomic mass is 10.1. The minimum atomic E-state index is 0. The van der Waals surface area contributed by atoms with E-state index in [1.165, 1.54) is 11.1 Å². The van der Waals surface area contributed by atoms with Gasteiger partial charge in [0.25, 0.3) is 0 Å². The van der Waals surface area contributed by atoms with Crippen molar-refractivity contribution in [2.75, 3.05) is 38.1 Å². The first-order chi connectivity index (χ1) is 12.3. The Hall–Kier alpha value is -0.770. The zero-order chi connectivity index (χ0) is 17.7. The van der Waals surface area contributed by atoms with Gasteiger partial charge < -0.3 is 4.74 Å². The summed E-state index contributed by atoms with van der Waals surface area (Å²) in [5.74, 6) is 1.21.